The number of likely N-dealkylation sites (N-methyl/N-ethyl adjacent to an activating group) is 7. The molecule has 1 fully saturated rings. The number of aliphatic hydroxyl groups excluding tert-OH is 3. The summed E-state index contributed by atoms with van der Waals surface area (Å²) in [5.74, 6) is -11.5. The molecule has 0 aliphatic carbocycles. The van der Waals surface area contributed by atoms with Gasteiger partial charge in [-0.15, -0.1) is 0 Å². The average Bonchev–Trinajstić information content (AvgIpc) is 2.24. The summed E-state index contributed by atoms with van der Waals surface area (Å²) in [6.45, 7) is 24.0. The predicted molar refractivity (Wildman–Crippen MR) is 331 cm³/mol. The molecule has 7 N–H and O–H groups in total. The normalized spacial score (nSPS) is 27.2. The van der Waals surface area contributed by atoms with Crippen LogP contribution < -0.4 is 21.3 Å². The third kappa shape index (κ3) is 22.1. The number of carbonyl (C=O) groups is 11. The van der Waals surface area contributed by atoms with Crippen LogP contribution in [0.25, 0.3) is 0 Å². The Bertz CT molecular complexity index is 2370. The van der Waals surface area contributed by atoms with E-state index in [-0.39, 0.29) is 63.6 Å². The van der Waals surface area contributed by atoms with Gasteiger partial charge in [-0.2, -0.15) is 0 Å². The maximum absolute atomic E-state index is 15.1. The van der Waals surface area contributed by atoms with Gasteiger partial charge in [0.15, 0.2) is 0 Å². The lowest BCUT2D eigenvalue weighted by atomic mass is 9.91. The number of nitrogens with one attached hydrogen (secondary N) is 4. The molecule has 1 rings (SSSR count). The first-order valence-corrected chi connectivity index (χ1v) is 30.9. The SMILES string of the molecule is C/C=C/C[C@@H](C)[C@@H](O)[C@H]1C(=O)N[C@@H](CC)C(=O)N(C)CC(=O)N(C)[C@@H](CC(C)CO)C(=O)N[C@@H](C(C)C)C(=O)N(C)[C@@H](CC(C)CO)C(=O)N[C@@H](C)C(=O)N[C@H](C)C(=O)N(C)[C@@H](CC(C)C)C(=O)N(C)[C@@H](CC(C)C)C(=O)N(C)[C@@H](C(C)C)C(=O)N1C. The van der Waals surface area contributed by atoms with Crippen molar-refractivity contribution in [1.29, 1.82) is 0 Å². The molecule has 0 aromatic rings. The highest BCUT2D eigenvalue weighted by Crippen LogP contribution is 2.26. The number of hydrogen-bond acceptors (Lipinski definition) is 14. The van der Waals surface area contributed by atoms with E-state index >= 15 is 9.59 Å². The van der Waals surface area contributed by atoms with Crippen molar-refractivity contribution >= 4 is 65.0 Å². The van der Waals surface area contributed by atoms with Crippen molar-refractivity contribution in [2.75, 3.05) is 69.1 Å². The Kier molecular flexibility index (Phi) is 32.9. The lowest BCUT2D eigenvalue weighted by Crippen LogP contribution is -2.63. The van der Waals surface area contributed by atoms with Crippen LogP contribution in [0.15, 0.2) is 12.2 Å². The fraction of sp³-hybridized carbons (Fsp3) is 0.790. The van der Waals surface area contributed by atoms with Crippen LogP contribution in [0.2, 0.25) is 0 Å². The summed E-state index contributed by atoms with van der Waals surface area (Å²) in [4.78, 5) is 168. The topological polar surface area (TPSA) is 319 Å². The first kappa shape index (κ1) is 78.8. The monoisotopic (exact) mass is 1230 g/mol. The van der Waals surface area contributed by atoms with E-state index in [0.29, 0.717) is 0 Å². The Morgan fingerprint density at radius 3 is 1.37 bits per heavy atom. The quantitative estimate of drug-likeness (QED) is 0.101. The highest BCUT2D eigenvalue weighted by atomic mass is 16.3. The molecule has 11 amide bonds. The molecule has 1 aliphatic heterocycles. The van der Waals surface area contributed by atoms with Crippen LogP contribution in [0.3, 0.4) is 0 Å². The molecule has 0 bridgehead atoms. The van der Waals surface area contributed by atoms with E-state index in [0.717, 1.165) is 19.6 Å². The Hall–Kier alpha value is -6.21. The third-order valence-corrected chi connectivity index (χ3v) is 16.6. The fourth-order valence-electron chi connectivity index (χ4n) is 10.7. The van der Waals surface area contributed by atoms with Crippen LogP contribution in [-0.4, -0.2) is 250 Å². The minimum atomic E-state index is -1.64. The second kappa shape index (κ2) is 36.3. The van der Waals surface area contributed by atoms with Gasteiger partial charge in [-0.25, -0.2) is 0 Å². The number of carbonyl (C=O) groups excluding carboxylic acids is 11. The Morgan fingerprint density at radius 1 is 0.483 bits per heavy atom. The van der Waals surface area contributed by atoms with Crippen LogP contribution in [0.5, 0.6) is 0 Å². The molecule has 0 spiro atoms. The third-order valence-electron chi connectivity index (χ3n) is 16.6. The van der Waals surface area contributed by atoms with Gasteiger partial charge in [0.2, 0.25) is 65.0 Å². The van der Waals surface area contributed by atoms with E-state index in [1.807, 2.05) is 27.7 Å². The second-order valence-corrected chi connectivity index (χ2v) is 25.9. The number of aliphatic hydroxyl groups is 3. The Balaban J connectivity index is 4.36. The van der Waals surface area contributed by atoms with Crippen molar-refractivity contribution in [2.45, 2.75) is 209 Å². The molecular weight excluding hydrogens is 1120 g/mol. The lowest BCUT2D eigenvalue weighted by molar-refractivity contribution is -0.157. The minimum Gasteiger partial charge on any atom is -0.396 e. The number of rotatable bonds is 17. The van der Waals surface area contributed by atoms with Crippen molar-refractivity contribution < 1.29 is 68.1 Å². The predicted octanol–water partition coefficient (Wildman–Crippen LogP) is 1.21. The number of allylic oxidation sites excluding steroid dienone is 2. The number of nitrogens with zero attached hydrogens (tertiary/aromatic N) is 7. The molecule has 0 aromatic heterocycles. The molecule has 2 unspecified atom stereocenters. The largest absolute Gasteiger partial charge is 0.396 e. The highest BCUT2D eigenvalue weighted by Gasteiger charge is 2.46. The van der Waals surface area contributed by atoms with Crippen molar-refractivity contribution in [3.8, 4) is 0 Å². The molecule has 1 heterocycles. The zero-order valence-electron chi connectivity index (χ0n) is 56.4. The van der Waals surface area contributed by atoms with Gasteiger partial charge in [0, 0.05) is 62.5 Å². The van der Waals surface area contributed by atoms with Gasteiger partial charge in [0.25, 0.3) is 0 Å². The summed E-state index contributed by atoms with van der Waals surface area (Å²) in [6, 6.07) is -13.1. The molecule has 14 atom stereocenters. The summed E-state index contributed by atoms with van der Waals surface area (Å²) in [5.41, 5.74) is 0. The van der Waals surface area contributed by atoms with E-state index in [1.54, 1.807) is 74.5 Å². The van der Waals surface area contributed by atoms with Crippen molar-refractivity contribution in [3.63, 3.8) is 0 Å². The first-order chi connectivity index (χ1) is 40.3. The van der Waals surface area contributed by atoms with Gasteiger partial charge in [-0.05, 0) is 101 Å². The summed E-state index contributed by atoms with van der Waals surface area (Å²) < 4.78 is 0. The average molecular weight is 1230 g/mol. The van der Waals surface area contributed by atoms with Gasteiger partial charge >= 0.3 is 0 Å². The van der Waals surface area contributed by atoms with Crippen LogP contribution in [0.4, 0.5) is 0 Å². The summed E-state index contributed by atoms with van der Waals surface area (Å²) in [6.07, 6.45) is 2.37. The minimum absolute atomic E-state index is 0.0164. The molecule has 87 heavy (non-hydrogen) atoms. The van der Waals surface area contributed by atoms with E-state index in [4.69, 9.17) is 0 Å². The van der Waals surface area contributed by atoms with E-state index in [9.17, 15) is 58.5 Å². The molecule has 25 heteroatoms. The summed E-state index contributed by atoms with van der Waals surface area (Å²) >= 11 is 0. The maximum atomic E-state index is 15.1. The molecule has 498 valence electrons. The second-order valence-electron chi connectivity index (χ2n) is 25.9. The van der Waals surface area contributed by atoms with Gasteiger partial charge in [-0.1, -0.05) is 95.2 Å². The fourth-order valence-corrected chi connectivity index (χ4v) is 10.7. The molecule has 1 saturated heterocycles. The molecule has 0 aromatic carbocycles. The summed E-state index contributed by atoms with van der Waals surface area (Å²) in [7, 11) is 9.60. The Labute approximate surface area is 518 Å². The van der Waals surface area contributed by atoms with E-state index in [2.05, 4.69) is 21.3 Å². The van der Waals surface area contributed by atoms with Gasteiger partial charge in [0.1, 0.15) is 60.4 Å². The standard InChI is InChI=1S/C62H111N11O14/c1-23-25-26-40(13)52(77)51-56(81)65-43(24-2)58(83)67(16)31-48(76)68(17)44(29-38(11)32-74)55(80)66-49(36(7)8)61(86)69(18)45(30-39(12)33-75)54(79)63-41(14)53(78)64-42(15)57(82)70(19)46(27-34(3)4)59(84)71(20)47(28-35(5)6)60(85)72(21)50(37(9)10)62(87)73(51)22/h23,25,34-47,49-52,74-75,77H,24,26-33H2,1-22H3,(H,63,79)(H,64,78)(H,65,81)(H,66,80)/b25-23+/t38?,39?,40-,41+,42-,43+,44+,45+,46+,47+,49+,50+,51+,52-/m1/s1. The van der Waals surface area contributed by atoms with Crippen molar-refractivity contribution in [2.24, 2.45) is 41.4 Å². The highest BCUT2D eigenvalue weighted by molar-refractivity contribution is 5.99. The zero-order valence-corrected chi connectivity index (χ0v) is 56.4. The first-order valence-electron chi connectivity index (χ1n) is 30.9. The molecular formula is C62H111N11O14. The Morgan fingerprint density at radius 2 is 0.920 bits per heavy atom. The number of hydrogen-bond donors (Lipinski definition) is 7. The zero-order chi connectivity index (χ0) is 67.4. The van der Waals surface area contributed by atoms with Crippen LogP contribution >= 0.6 is 0 Å². The van der Waals surface area contributed by atoms with Crippen molar-refractivity contribution in [1.82, 2.24) is 55.6 Å². The molecule has 25 nitrogen and oxygen atoms in total. The van der Waals surface area contributed by atoms with Crippen LogP contribution in [0.1, 0.15) is 142 Å². The molecule has 1 aliphatic rings. The van der Waals surface area contributed by atoms with E-state index in [1.165, 1.54) is 77.9 Å². The molecule has 0 saturated carbocycles. The van der Waals surface area contributed by atoms with Crippen LogP contribution in [-0.2, 0) is 52.7 Å². The van der Waals surface area contributed by atoms with E-state index < -0.39 is 168 Å². The van der Waals surface area contributed by atoms with Crippen LogP contribution in [0, 0.1) is 41.4 Å². The lowest BCUT2D eigenvalue weighted by Gasteiger charge is -2.41. The number of amides is 11. The van der Waals surface area contributed by atoms with Gasteiger partial charge in [0.05, 0.1) is 12.6 Å². The van der Waals surface area contributed by atoms with Crippen molar-refractivity contribution in [3.05, 3.63) is 12.2 Å². The summed E-state index contributed by atoms with van der Waals surface area (Å²) in [5, 5.41) is 43.1. The smallest absolute Gasteiger partial charge is 0.246 e. The van der Waals surface area contributed by atoms with Gasteiger partial charge < -0.3 is 70.9 Å². The van der Waals surface area contributed by atoms with Gasteiger partial charge in [-0.3, -0.25) is 52.7 Å². The molecule has 0 radical (unpaired) electrons. The maximum Gasteiger partial charge on any atom is 0.246 e.